The fourth-order valence-electron chi connectivity index (χ4n) is 3.31. The third kappa shape index (κ3) is 7.47. The summed E-state index contributed by atoms with van der Waals surface area (Å²) >= 11 is 0. The molecule has 186 valence electrons. The molecule has 1 heterocycles. The quantitative estimate of drug-likeness (QED) is 0.178. The van der Waals surface area contributed by atoms with Crippen LogP contribution in [0.2, 0.25) is 0 Å². The van der Waals surface area contributed by atoms with Crippen LogP contribution in [0.4, 0.5) is 4.79 Å². The molecule has 0 saturated carbocycles. The summed E-state index contributed by atoms with van der Waals surface area (Å²) in [5.41, 5.74) is 4.63. The van der Waals surface area contributed by atoms with Crippen LogP contribution in [0.25, 0.3) is 11.3 Å². The molecule has 0 fully saturated rings. The van der Waals surface area contributed by atoms with Crippen molar-refractivity contribution in [2.75, 3.05) is 20.4 Å². The summed E-state index contributed by atoms with van der Waals surface area (Å²) in [5.74, 6) is 0.806. The van der Waals surface area contributed by atoms with Crippen molar-refractivity contribution in [1.82, 2.24) is 9.78 Å². The lowest BCUT2D eigenvalue weighted by Gasteiger charge is -2.20. The van der Waals surface area contributed by atoms with Crippen LogP contribution in [-0.2, 0) is 26.2 Å². The first kappa shape index (κ1) is 27.2. The molecule has 7 heteroatoms. The SMILES string of the molecule is CCC(C)COC(=O)OCO/C(=C(/C=NC)c1ccc(C(C)(C)C)cc1)c1cc(C)nn1CC. The molecule has 7 nitrogen and oxygen atoms in total. The lowest BCUT2D eigenvalue weighted by atomic mass is 9.86. The maximum absolute atomic E-state index is 12.0. The van der Waals surface area contributed by atoms with Gasteiger partial charge in [0.05, 0.1) is 12.3 Å². The highest BCUT2D eigenvalue weighted by molar-refractivity contribution is 6.18. The van der Waals surface area contributed by atoms with Gasteiger partial charge in [0.15, 0.2) is 5.76 Å². The first-order chi connectivity index (χ1) is 16.1. The maximum Gasteiger partial charge on any atom is 0.511 e. The van der Waals surface area contributed by atoms with Crippen LogP contribution in [-0.4, -0.2) is 42.6 Å². The molecule has 0 radical (unpaired) electrons. The third-order valence-corrected chi connectivity index (χ3v) is 5.56. The molecule has 0 aliphatic rings. The van der Waals surface area contributed by atoms with E-state index in [1.54, 1.807) is 13.3 Å². The molecule has 2 aromatic rings. The van der Waals surface area contributed by atoms with E-state index in [1.807, 2.05) is 38.4 Å². The Bertz CT molecular complexity index is 998. The fourth-order valence-corrected chi connectivity index (χ4v) is 3.31. The largest absolute Gasteiger partial charge is 0.511 e. The molecule has 0 saturated heterocycles. The second-order valence-corrected chi connectivity index (χ2v) is 9.43. The molecule has 0 N–H and O–H groups in total. The van der Waals surface area contributed by atoms with Crippen LogP contribution in [0.5, 0.6) is 0 Å². The summed E-state index contributed by atoms with van der Waals surface area (Å²) in [6, 6.07) is 10.3. The van der Waals surface area contributed by atoms with Crippen molar-refractivity contribution in [1.29, 1.82) is 0 Å². The number of ether oxygens (including phenoxy) is 3. The molecule has 1 aromatic carbocycles. The van der Waals surface area contributed by atoms with E-state index >= 15 is 0 Å². The van der Waals surface area contributed by atoms with Gasteiger partial charge < -0.3 is 14.2 Å². The Morgan fingerprint density at radius 3 is 2.38 bits per heavy atom. The molecule has 1 unspecified atom stereocenters. The molecule has 0 amide bonds. The first-order valence-corrected chi connectivity index (χ1v) is 11.8. The molecule has 2 rings (SSSR count). The molecule has 1 aromatic heterocycles. The van der Waals surface area contributed by atoms with Crippen LogP contribution in [0.15, 0.2) is 35.3 Å². The van der Waals surface area contributed by atoms with Gasteiger partial charge in [-0.3, -0.25) is 9.67 Å². The van der Waals surface area contributed by atoms with Crippen molar-refractivity contribution in [3.8, 4) is 0 Å². The van der Waals surface area contributed by atoms with Crippen LogP contribution in [0.3, 0.4) is 0 Å². The van der Waals surface area contributed by atoms with E-state index in [4.69, 9.17) is 14.2 Å². The molecular formula is C27H39N3O4. The van der Waals surface area contributed by atoms with Crippen molar-refractivity contribution in [2.24, 2.45) is 10.9 Å². The Morgan fingerprint density at radius 2 is 1.82 bits per heavy atom. The Kier molecular flexibility index (Phi) is 9.90. The minimum absolute atomic E-state index is 0.0437. The van der Waals surface area contributed by atoms with E-state index in [0.29, 0.717) is 18.9 Å². The second-order valence-electron chi connectivity index (χ2n) is 9.43. The van der Waals surface area contributed by atoms with Gasteiger partial charge >= 0.3 is 6.16 Å². The monoisotopic (exact) mass is 469 g/mol. The van der Waals surface area contributed by atoms with Gasteiger partial charge in [-0.2, -0.15) is 5.10 Å². The van der Waals surface area contributed by atoms with E-state index in [1.165, 1.54) is 5.56 Å². The Labute approximate surface area is 203 Å². The van der Waals surface area contributed by atoms with Crippen molar-refractivity contribution in [2.45, 2.75) is 66.8 Å². The summed E-state index contributed by atoms with van der Waals surface area (Å²) in [6.45, 7) is 15.2. The van der Waals surface area contributed by atoms with Crippen LogP contribution in [0, 0.1) is 12.8 Å². The molecule has 1 atom stereocenters. The summed E-state index contributed by atoms with van der Waals surface area (Å²) in [7, 11) is 1.71. The van der Waals surface area contributed by atoms with Gasteiger partial charge in [-0.1, -0.05) is 65.3 Å². The molecule has 0 bridgehead atoms. The average Bonchev–Trinajstić information content (AvgIpc) is 3.19. The van der Waals surface area contributed by atoms with E-state index in [9.17, 15) is 4.79 Å². The van der Waals surface area contributed by atoms with Gasteiger partial charge in [0.2, 0.25) is 6.79 Å². The van der Waals surface area contributed by atoms with Crippen molar-refractivity contribution in [3.63, 3.8) is 0 Å². The zero-order valence-corrected chi connectivity index (χ0v) is 21.8. The van der Waals surface area contributed by atoms with Crippen LogP contribution >= 0.6 is 0 Å². The number of hydrogen-bond acceptors (Lipinski definition) is 6. The van der Waals surface area contributed by atoms with Crippen molar-refractivity contribution >= 4 is 23.7 Å². The number of carbonyl (C=O) groups is 1. The number of aryl methyl sites for hydroxylation is 2. The molecule has 0 aliphatic heterocycles. The van der Waals surface area contributed by atoms with Crippen molar-refractivity contribution < 1.29 is 19.0 Å². The van der Waals surface area contributed by atoms with E-state index in [2.05, 4.69) is 55.1 Å². The lowest BCUT2D eigenvalue weighted by molar-refractivity contribution is -0.0103. The highest BCUT2D eigenvalue weighted by Gasteiger charge is 2.20. The van der Waals surface area contributed by atoms with Crippen LogP contribution < -0.4 is 0 Å². The molecule has 0 aliphatic carbocycles. The fraction of sp³-hybridized carbons (Fsp3) is 0.519. The van der Waals surface area contributed by atoms with Gasteiger partial charge in [-0.25, -0.2) is 4.79 Å². The predicted octanol–water partition coefficient (Wildman–Crippen LogP) is 6.25. The van der Waals surface area contributed by atoms with Crippen molar-refractivity contribution in [3.05, 3.63) is 52.8 Å². The van der Waals surface area contributed by atoms with E-state index in [-0.39, 0.29) is 18.1 Å². The minimum Gasteiger partial charge on any atom is -0.454 e. The summed E-state index contributed by atoms with van der Waals surface area (Å²) < 4.78 is 18.3. The lowest BCUT2D eigenvalue weighted by Crippen LogP contribution is -2.15. The zero-order valence-electron chi connectivity index (χ0n) is 21.8. The van der Waals surface area contributed by atoms with Gasteiger partial charge in [-0.15, -0.1) is 0 Å². The minimum atomic E-state index is -0.750. The highest BCUT2D eigenvalue weighted by Crippen LogP contribution is 2.30. The molecule has 0 spiro atoms. The third-order valence-electron chi connectivity index (χ3n) is 5.56. The van der Waals surface area contributed by atoms with Crippen LogP contribution in [0.1, 0.15) is 70.5 Å². The predicted molar refractivity (Wildman–Crippen MR) is 137 cm³/mol. The zero-order chi connectivity index (χ0) is 25.3. The molecular weight excluding hydrogens is 430 g/mol. The number of hydrogen-bond donors (Lipinski definition) is 0. The first-order valence-electron chi connectivity index (χ1n) is 11.8. The van der Waals surface area contributed by atoms with Gasteiger partial charge in [0.25, 0.3) is 0 Å². The van der Waals surface area contributed by atoms with Gasteiger partial charge in [0.1, 0.15) is 5.69 Å². The second kappa shape index (κ2) is 12.4. The van der Waals surface area contributed by atoms with Gasteiger partial charge in [-0.05, 0) is 42.4 Å². The van der Waals surface area contributed by atoms with E-state index < -0.39 is 6.16 Å². The van der Waals surface area contributed by atoms with Gasteiger partial charge in [0, 0.05) is 25.4 Å². The number of aromatic nitrogens is 2. The summed E-state index contributed by atoms with van der Waals surface area (Å²) in [6.07, 6.45) is 1.93. The topological polar surface area (TPSA) is 74.9 Å². The Balaban J connectivity index is 2.42. The molecule has 34 heavy (non-hydrogen) atoms. The standard InChI is InChI=1S/C27H39N3O4/c1-9-19(3)17-32-26(31)34-18-33-25(24-15-20(4)29-30(24)10-2)23(16-28-8)21-11-13-22(14-12-21)27(5,6)7/h11-16,19H,9-10,17-18H2,1-8H3/b25-23-,28-16?. The maximum atomic E-state index is 12.0. The highest BCUT2D eigenvalue weighted by atomic mass is 16.8. The Morgan fingerprint density at radius 1 is 1.15 bits per heavy atom. The normalized spacial score (nSPS) is 13.5. The number of benzene rings is 1. The smallest absolute Gasteiger partial charge is 0.454 e. The summed E-state index contributed by atoms with van der Waals surface area (Å²) in [5, 5.41) is 4.56. The average molecular weight is 470 g/mol. The number of allylic oxidation sites excluding steroid dienone is 1. The Hall–Kier alpha value is -3.09. The number of nitrogens with zero attached hydrogens (tertiary/aromatic N) is 3. The van der Waals surface area contributed by atoms with E-state index in [0.717, 1.165) is 28.9 Å². The number of aliphatic imine (C=N–C) groups is 1. The number of rotatable bonds is 10. The number of carbonyl (C=O) groups excluding carboxylic acids is 1. The summed E-state index contributed by atoms with van der Waals surface area (Å²) in [4.78, 5) is 16.3.